The number of rotatable bonds is 3. The van der Waals surface area contributed by atoms with E-state index < -0.39 is 0 Å². The van der Waals surface area contributed by atoms with Crippen LogP contribution in [0.5, 0.6) is 5.75 Å². The van der Waals surface area contributed by atoms with Crippen molar-refractivity contribution in [2.24, 2.45) is 0 Å². The van der Waals surface area contributed by atoms with Crippen molar-refractivity contribution < 1.29 is 9.13 Å². The molecule has 0 aliphatic carbocycles. The van der Waals surface area contributed by atoms with Gasteiger partial charge in [-0.15, -0.1) is 0 Å². The fraction of sp³-hybridized carbons (Fsp3) is 0.100. The van der Waals surface area contributed by atoms with Gasteiger partial charge in [0, 0.05) is 0 Å². The van der Waals surface area contributed by atoms with Gasteiger partial charge in [0.2, 0.25) is 0 Å². The molecule has 1 aromatic carbocycles. The largest absolute Gasteiger partial charge is 0.486 e. The molecule has 0 atom stereocenters. The van der Waals surface area contributed by atoms with Crippen LogP contribution in [0.25, 0.3) is 0 Å². The van der Waals surface area contributed by atoms with Crippen molar-refractivity contribution in [1.29, 1.82) is 0 Å². The highest BCUT2D eigenvalue weighted by Gasteiger charge is 1.96. The summed E-state index contributed by atoms with van der Waals surface area (Å²) >= 11 is 0. The van der Waals surface area contributed by atoms with Crippen LogP contribution >= 0.6 is 0 Å². The molecule has 2 rings (SSSR count). The smallest absolute Gasteiger partial charge is 0.157 e. The normalized spacial score (nSPS) is 10.1. The summed E-state index contributed by atoms with van der Waals surface area (Å²) in [6, 6.07) is 6.20. The first-order valence-corrected chi connectivity index (χ1v) is 4.20. The zero-order valence-electron chi connectivity index (χ0n) is 7.40. The first kappa shape index (κ1) is 8.74. The summed E-state index contributed by atoms with van der Waals surface area (Å²) < 4.78 is 17.9. The highest BCUT2D eigenvalue weighted by atomic mass is 19.1. The minimum absolute atomic E-state index is 0.239. The van der Waals surface area contributed by atoms with Crippen molar-refractivity contribution in [2.45, 2.75) is 6.61 Å². The maximum absolute atomic E-state index is 12.5. The number of nitrogens with one attached hydrogen (secondary N) is 1. The molecular formula is C10H9FN2O. The van der Waals surface area contributed by atoms with Crippen LogP contribution in [0.1, 0.15) is 5.56 Å². The maximum Gasteiger partial charge on any atom is 0.157 e. The molecule has 0 aliphatic heterocycles. The average Bonchev–Trinajstić information content (AvgIpc) is 2.70. The second-order valence-corrected chi connectivity index (χ2v) is 2.85. The van der Waals surface area contributed by atoms with Crippen molar-refractivity contribution in [2.75, 3.05) is 0 Å². The van der Waals surface area contributed by atoms with E-state index in [-0.39, 0.29) is 5.82 Å². The molecule has 72 valence electrons. The second kappa shape index (κ2) is 3.91. The minimum Gasteiger partial charge on any atom is -0.486 e. The van der Waals surface area contributed by atoms with Crippen molar-refractivity contribution in [3.63, 3.8) is 0 Å². The summed E-state index contributed by atoms with van der Waals surface area (Å²) in [4.78, 5) is 0. The Morgan fingerprint density at radius 3 is 2.71 bits per heavy atom. The molecule has 0 fully saturated rings. The molecule has 14 heavy (non-hydrogen) atoms. The first-order valence-electron chi connectivity index (χ1n) is 4.20. The van der Waals surface area contributed by atoms with Gasteiger partial charge in [0.1, 0.15) is 12.4 Å². The Bertz CT molecular complexity index is 383. The van der Waals surface area contributed by atoms with E-state index >= 15 is 0 Å². The highest BCUT2D eigenvalue weighted by molar-refractivity contribution is 5.17. The van der Waals surface area contributed by atoms with E-state index in [0.717, 1.165) is 5.56 Å². The summed E-state index contributed by atoms with van der Waals surface area (Å²) in [7, 11) is 0. The molecule has 4 heteroatoms. The van der Waals surface area contributed by atoms with Gasteiger partial charge >= 0.3 is 0 Å². The molecule has 1 heterocycles. The van der Waals surface area contributed by atoms with E-state index in [1.807, 2.05) is 0 Å². The predicted octanol–water partition coefficient (Wildman–Crippen LogP) is 2.13. The Hall–Kier alpha value is -1.84. The van der Waals surface area contributed by atoms with Crippen LogP contribution in [-0.2, 0) is 6.61 Å². The number of benzene rings is 1. The van der Waals surface area contributed by atoms with Crippen molar-refractivity contribution >= 4 is 0 Å². The Morgan fingerprint density at radius 1 is 1.29 bits per heavy atom. The molecule has 0 amide bonds. The highest BCUT2D eigenvalue weighted by Crippen LogP contribution is 2.09. The van der Waals surface area contributed by atoms with Crippen molar-refractivity contribution in [3.05, 3.63) is 48.0 Å². The number of H-pyrrole nitrogens is 1. The van der Waals surface area contributed by atoms with E-state index in [1.165, 1.54) is 12.1 Å². The van der Waals surface area contributed by atoms with Gasteiger partial charge in [0.05, 0.1) is 12.4 Å². The van der Waals surface area contributed by atoms with E-state index in [0.29, 0.717) is 12.4 Å². The number of aromatic nitrogens is 2. The van der Waals surface area contributed by atoms with E-state index in [1.54, 1.807) is 24.5 Å². The van der Waals surface area contributed by atoms with Crippen LogP contribution in [0, 0.1) is 5.82 Å². The lowest BCUT2D eigenvalue weighted by Crippen LogP contribution is -1.94. The molecule has 0 saturated carbocycles. The van der Waals surface area contributed by atoms with E-state index in [4.69, 9.17) is 4.74 Å². The number of hydrogen-bond donors (Lipinski definition) is 1. The van der Waals surface area contributed by atoms with Gasteiger partial charge in [-0.1, -0.05) is 12.1 Å². The Kier molecular flexibility index (Phi) is 2.44. The average molecular weight is 192 g/mol. The zero-order chi connectivity index (χ0) is 9.80. The second-order valence-electron chi connectivity index (χ2n) is 2.85. The molecule has 0 unspecified atom stereocenters. The van der Waals surface area contributed by atoms with Gasteiger partial charge in [-0.25, -0.2) is 4.39 Å². The Balaban J connectivity index is 1.95. The van der Waals surface area contributed by atoms with Crippen LogP contribution in [0.3, 0.4) is 0 Å². The molecule has 0 spiro atoms. The molecule has 0 aliphatic rings. The number of nitrogens with zero attached hydrogens (tertiary/aromatic N) is 1. The van der Waals surface area contributed by atoms with Gasteiger partial charge in [-0.2, -0.15) is 5.10 Å². The molecule has 0 bridgehead atoms. The summed E-state index contributed by atoms with van der Waals surface area (Å²) in [5.74, 6) is 0.436. The SMILES string of the molecule is Fc1ccc(COc2cn[nH]c2)cc1. The zero-order valence-corrected chi connectivity index (χ0v) is 7.40. The summed E-state index contributed by atoms with van der Waals surface area (Å²) in [5, 5.41) is 6.38. The van der Waals surface area contributed by atoms with E-state index in [9.17, 15) is 4.39 Å². The molecular weight excluding hydrogens is 183 g/mol. The lowest BCUT2D eigenvalue weighted by molar-refractivity contribution is 0.306. The topological polar surface area (TPSA) is 37.9 Å². The third-order valence-corrected chi connectivity index (χ3v) is 1.79. The van der Waals surface area contributed by atoms with Gasteiger partial charge in [0.25, 0.3) is 0 Å². The lowest BCUT2D eigenvalue weighted by atomic mass is 10.2. The molecule has 0 saturated heterocycles. The van der Waals surface area contributed by atoms with Crippen LogP contribution in [0.4, 0.5) is 4.39 Å². The third kappa shape index (κ3) is 2.10. The third-order valence-electron chi connectivity index (χ3n) is 1.79. The Labute approximate surface area is 80.5 Å². The fourth-order valence-electron chi connectivity index (χ4n) is 1.07. The lowest BCUT2D eigenvalue weighted by Gasteiger charge is -2.02. The van der Waals surface area contributed by atoms with Gasteiger partial charge in [-0.3, -0.25) is 5.10 Å². The van der Waals surface area contributed by atoms with Gasteiger partial charge in [0.15, 0.2) is 5.75 Å². The number of ether oxygens (including phenoxy) is 1. The monoisotopic (exact) mass is 192 g/mol. The van der Waals surface area contributed by atoms with Crippen LogP contribution < -0.4 is 4.74 Å². The molecule has 0 radical (unpaired) electrons. The fourth-order valence-corrected chi connectivity index (χ4v) is 1.07. The predicted molar refractivity (Wildman–Crippen MR) is 49.3 cm³/mol. The van der Waals surface area contributed by atoms with Crippen molar-refractivity contribution in [3.8, 4) is 5.75 Å². The maximum atomic E-state index is 12.5. The van der Waals surface area contributed by atoms with Crippen LogP contribution in [0.15, 0.2) is 36.7 Å². The summed E-state index contributed by atoms with van der Waals surface area (Å²) in [6.45, 7) is 0.416. The number of hydrogen-bond acceptors (Lipinski definition) is 2. The summed E-state index contributed by atoms with van der Waals surface area (Å²) in [6.07, 6.45) is 3.24. The standard InChI is InChI=1S/C10H9FN2O/c11-9-3-1-8(2-4-9)7-14-10-5-12-13-6-10/h1-6H,7H2,(H,12,13). The van der Waals surface area contributed by atoms with Gasteiger partial charge < -0.3 is 4.74 Å². The van der Waals surface area contributed by atoms with Crippen LogP contribution in [-0.4, -0.2) is 10.2 Å². The van der Waals surface area contributed by atoms with E-state index in [2.05, 4.69) is 10.2 Å². The molecule has 1 aromatic heterocycles. The van der Waals surface area contributed by atoms with Crippen molar-refractivity contribution in [1.82, 2.24) is 10.2 Å². The number of aromatic amines is 1. The van der Waals surface area contributed by atoms with Gasteiger partial charge in [-0.05, 0) is 17.7 Å². The molecule has 3 nitrogen and oxygen atoms in total. The molecule has 1 N–H and O–H groups in total. The first-order chi connectivity index (χ1) is 6.84. The summed E-state index contributed by atoms with van der Waals surface area (Å²) in [5.41, 5.74) is 0.924. The Morgan fingerprint density at radius 2 is 2.07 bits per heavy atom. The number of halogens is 1. The van der Waals surface area contributed by atoms with Crippen LogP contribution in [0.2, 0.25) is 0 Å². The molecule has 2 aromatic rings. The minimum atomic E-state index is -0.239. The quantitative estimate of drug-likeness (QED) is 0.808.